The van der Waals surface area contributed by atoms with Gasteiger partial charge in [-0.05, 0) is 56.7 Å². The van der Waals surface area contributed by atoms with Crippen LogP contribution in [0.2, 0.25) is 0 Å². The third-order valence-electron chi connectivity index (χ3n) is 4.55. The quantitative estimate of drug-likeness (QED) is 0.407. The molecule has 1 amide bonds. The van der Waals surface area contributed by atoms with E-state index in [1.807, 2.05) is 43.3 Å². The predicted octanol–water partition coefficient (Wildman–Crippen LogP) is 5.99. The average Bonchev–Trinajstić information content (AvgIpc) is 3.19. The highest BCUT2D eigenvalue weighted by Crippen LogP contribution is 2.27. The van der Waals surface area contributed by atoms with Gasteiger partial charge in [0.25, 0.3) is 5.22 Å². The first-order chi connectivity index (χ1) is 14.0. The third kappa shape index (κ3) is 5.64. The number of nitrogens with one attached hydrogen (secondary N) is 1. The van der Waals surface area contributed by atoms with Crippen LogP contribution in [0.15, 0.2) is 62.8 Å². The van der Waals surface area contributed by atoms with Crippen molar-refractivity contribution in [3.63, 3.8) is 0 Å². The molecule has 0 atom stereocenters. The van der Waals surface area contributed by atoms with E-state index in [0.717, 1.165) is 34.4 Å². The molecule has 0 radical (unpaired) electrons. The number of carbonyl (C=O) groups excluding carboxylic acids is 1. The van der Waals surface area contributed by atoms with Crippen LogP contribution in [-0.4, -0.2) is 29.7 Å². The number of aryl methyl sites for hydroxylation is 1. The maximum absolute atomic E-state index is 12.4. The van der Waals surface area contributed by atoms with E-state index >= 15 is 0 Å². The molecule has 2 aromatic carbocycles. The zero-order chi connectivity index (χ0) is 20.8. The van der Waals surface area contributed by atoms with Gasteiger partial charge < -0.3 is 14.6 Å². The fraction of sp³-hybridized carbons (Fsp3) is 0.273. The Hall–Kier alpha value is -2.25. The lowest BCUT2D eigenvalue weighted by atomic mass is 10.1. The minimum atomic E-state index is -0.0860. The average molecular weight is 474 g/mol. The number of oxazole rings is 1. The summed E-state index contributed by atoms with van der Waals surface area (Å²) in [6.07, 6.45) is 1.68. The zero-order valence-electron chi connectivity index (χ0n) is 16.7. The highest BCUT2D eigenvalue weighted by atomic mass is 79.9. The Morgan fingerprint density at radius 3 is 2.55 bits per heavy atom. The van der Waals surface area contributed by atoms with Crippen LogP contribution in [-0.2, 0) is 4.79 Å². The Kier molecular flexibility index (Phi) is 7.39. The van der Waals surface area contributed by atoms with Gasteiger partial charge in [-0.2, -0.15) is 0 Å². The number of carbonyl (C=O) groups is 1. The summed E-state index contributed by atoms with van der Waals surface area (Å²) in [5.74, 6) is 0.831. The maximum Gasteiger partial charge on any atom is 0.256 e. The Morgan fingerprint density at radius 1 is 1.17 bits per heavy atom. The molecule has 3 aromatic rings. The van der Waals surface area contributed by atoms with Crippen molar-refractivity contribution in [2.45, 2.75) is 26.0 Å². The summed E-state index contributed by atoms with van der Waals surface area (Å²) in [5, 5.41) is 3.45. The van der Waals surface area contributed by atoms with Gasteiger partial charge in [-0.15, -0.1) is 0 Å². The molecule has 1 heterocycles. The molecule has 152 valence electrons. The van der Waals surface area contributed by atoms with E-state index in [1.54, 1.807) is 6.20 Å². The van der Waals surface area contributed by atoms with E-state index < -0.39 is 0 Å². The van der Waals surface area contributed by atoms with Crippen molar-refractivity contribution >= 4 is 45.0 Å². The van der Waals surface area contributed by atoms with Gasteiger partial charge >= 0.3 is 0 Å². The fourth-order valence-electron chi connectivity index (χ4n) is 2.96. The van der Waals surface area contributed by atoms with Crippen LogP contribution in [0, 0.1) is 6.92 Å². The fourth-order valence-corrected chi connectivity index (χ4v) is 3.83. The number of hydrogen-bond donors (Lipinski definition) is 1. The third-order valence-corrected chi connectivity index (χ3v) is 5.92. The number of benzene rings is 2. The summed E-state index contributed by atoms with van der Waals surface area (Å²) in [6, 6.07) is 13.9. The molecule has 0 spiro atoms. The molecule has 0 unspecified atom stereocenters. The molecular weight excluding hydrogens is 450 g/mol. The number of anilines is 2. The molecule has 7 heteroatoms. The first kappa shape index (κ1) is 21.5. The second-order valence-electron chi connectivity index (χ2n) is 6.51. The topological polar surface area (TPSA) is 58.4 Å². The summed E-state index contributed by atoms with van der Waals surface area (Å²) in [5.41, 5.74) is 3.98. The van der Waals surface area contributed by atoms with Gasteiger partial charge in [0.2, 0.25) is 5.91 Å². The Morgan fingerprint density at radius 2 is 1.90 bits per heavy atom. The zero-order valence-corrected chi connectivity index (χ0v) is 19.1. The second-order valence-corrected chi connectivity index (χ2v) is 8.35. The monoisotopic (exact) mass is 473 g/mol. The van der Waals surface area contributed by atoms with Gasteiger partial charge in [0.15, 0.2) is 5.76 Å². The normalized spacial score (nSPS) is 10.8. The van der Waals surface area contributed by atoms with Crippen LogP contribution in [0.1, 0.15) is 19.4 Å². The molecule has 0 aliphatic carbocycles. The summed E-state index contributed by atoms with van der Waals surface area (Å²) in [7, 11) is 0. The van der Waals surface area contributed by atoms with Crippen LogP contribution >= 0.6 is 27.7 Å². The number of aromatic nitrogens is 1. The molecule has 3 rings (SSSR count). The summed E-state index contributed by atoms with van der Waals surface area (Å²) in [4.78, 5) is 18.9. The van der Waals surface area contributed by atoms with Gasteiger partial charge in [-0.3, -0.25) is 4.79 Å². The van der Waals surface area contributed by atoms with E-state index in [2.05, 4.69) is 51.0 Å². The molecular formula is C22H24BrN3O2S. The Labute approximate surface area is 184 Å². The second kappa shape index (κ2) is 9.98. The largest absolute Gasteiger partial charge is 0.431 e. The van der Waals surface area contributed by atoms with Gasteiger partial charge in [-0.25, -0.2) is 4.98 Å². The number of nitrogens with zero attached hydrogens (tertiary/aromatic N) is 2. The summed E-state index contributed by atoms with van der Waals surface area (Å²) in [6.45, 7) is 8.19. The van der Waals surface area contributed by atoms with Crippen molar-refractivity contribution in [2.75, 3.05) is 29.1 Å². The predicted molar refractivity (Wildman–Crippen MR) is 124 cm³/mol. The standard InChI is InChI=1S/C22H24BrN3O2S/c1-4-26(5-2)18-10-11-19(15(3)12-18)25-21(27)14-29-22-24-13-20(28-22)16-6-8-17(23)9-7-16/h6-13H,4-5,14H2,1-3H3,(H,25,27). The lowest BCUT2D eigenvalue weighted by Gasteiger charge is -2.22. The Balaban J connectivity index is 1.57. The number of halogens is 1. The van der Waals surface area contributed by atoms with Crippen LogP contribution in [0.25, 0.3) is 11.3 Å². The Bertz CT molecular complexity index is 968. The molecule has 5 nitrogen and oxygen atoms in total. The number of hydrogen-bond acceptors (Lipinski definition) is 5. The highest BCUT2D eigenvalue weighted by Gasteiger charge is 2.12. The van der Waals surface area contributed by atoms with E-state index in [4.69, 9.17) is 4.42 Å². The first-order valence-corrected chi connectivity index (χ1v) is 11.3. The molecule has 0 saturated carbocycles. The molecule has 1 N–H and O–H groups in total. The van der Waals surface area contributed by atoms with Crippen LogP contribution in [0.5, 0.6) is 0 Å². The minimum Gasteiger partial charge on any atom is -0.431 e. The van der Waals surface area contributed by atoms with Crippen molar-refractivity contribution < 1.29 is 9.21 Å². The lowest BCUT2D eigenvalue weighted by Crippen LogP contribution is -2.22. The van der Waals surface area contributed by atoms with Gasteiger partial charge in [-0.1, -0.05) is 39.8 Å². The van der Waals surface area contributed by atoms with Crippen molar-refractivity contribution in [3.8, 4) is 11.3 Å². The smallest absolute Gasteiger partial charge is 0.256 e. The lowest BCUT2D eigenvalue weighted by molar-refractivity contribution is -0.113. The molecule has 0 fully saturated rings. The first-order valence-electron chi connectivity index (χ1n) is 9.50. The minimum absolute atomic E-state index is 0.0860. The number of amides is 1. The number of rotatable bonds is 8. The van der Waals surface area contributed by atoms with Crippen molar-refractivity contribution in [3.05, 3.63) is 58.7 Å². The van der Waals surface area contributed by atoms with Gasteiger partial charge in [0.05, 0.1) is 11.9 Å². The van der Waals surface area contributed by atoms with Gasteiger partial charge in [0.1, 0.15) is 0 Å². The number of thioether (sulfide) groups is 1. The van der Waals surface area contributed by atoms with E-state index in [1.165, 1.54) is 17.4 Å². The summed E-state index contributed by atoms with van der Waals surface area (Å²) >= 11 is 4.70. The van der Waals surface area contributed by atoms with E-state index in [-0.39, 0.29) is 11.7 Å². The maximum atomic E-state index is 12.4. The van der Waals surface area contributed by atoms with E-state index in [0.29, 0.717) is 11.0 Å². The van der Waals surface area contributed by atoms with Gasteiger partial charge in [0, 0.05) is 34.5 Å². The molecule has 0 aliphatic rings. The molecule has 0 bridgehead atoms. The van der Waals surface area contributed by atoms with E-state index in [9.17, 15) is 4.79 Å². The highest BCUT2D eigenvalue weighted by molar-refractivity contribution is 9.10. The van der Waals surface area contributed by atoms with Crippen LogP contribution < -0.4 is 10.2 Å². The summed E-state index contributed by atoms with van der Waals surface area (Å²) < 4.78 is 6.76. The van der Waals surface area contributed by atoms with Crippen molar-refractivity contribution in [1.29, 1.82) is 0 Å². The van der Waals surface area contributed by atoms with Crippen LogP contribution in [0.4, 0.5) is 11.4 Å². The molecule has 0 aliphatic heterocycles. The van der Waals surface area contributed by atoms with Crippen LogP contribution in [0.3, 0.4) is 0 Å². The van der Waals surface area contributed by atoms with Crippen molar-refractivity contribution in [1.82, 2.24) is 4.98 Å². The SMILES string of the molecule is CCN(CC)c1ccc(NC(=O)CSc2ncc(-c3ccc(Br)cc3)o2)c(C)c1. The molecule has 1 aromatic heterocycles. The van der Waals surface area contributed by atoms with Crippen molar-refractivity contribution in [2.24, 2.45) is 0 Å². The molecule has 0 saturated heterocycles. The molecule has 29 heavy (non-hydrogen) atoms.